The van der Waals surface area contributed by atoms with E-state index in [2.05, 4.69) is 11.1 Å². The van der Waals surface area contributed by atoms with Crippen molar-refractivity contribution in [2.75, 3.05) is 0 Å². The van der Waals surface area contributed by atoms with Gasteiger partial charge in [0.2, 0.25) is 0 Å². The molecule has 0 amide bonds. The Morgan fingerprint density at radius 1 is 1.22 bits per heavy atom. The molecule has 2 aromatic carbocycles. The van der Waals surface area contributed by atoms with E-state index < -0.39 is 0 Å². The molecule has 0 saturated heterocycles. The molecular weight excluding hydrogens is 307 g/mol. The normalized spacial score (nSPS) is 11.3. The minimum Gasteiger partial charge on any atom is -0.235 e. The van der Waals surface area contributed by atoms with Crippen molar-refractivity contribution in [3.05, 3.63) is 75.9 Å². The zero-order valence-corrected chi connectivity index (χ0v) is 13.3. The second-order valence-corrected chi connectivity index (χ2v) is 5.99. The highest BCUT2D eigenvalue weighted by atomic mass is 32.1. The summed E-state index contributed by atoms with van der Waals surface area (Å²) < 4.78 is 13.3. The molecule has 2 nitrogen and oxygen atoms in total. The van der Waals surface area contributed by atoms with E-state index in [-0.39, 0.29) is 5.82 Å². The van der Waals surface area contributed by atoms with Crippen molar-refractivity contribution in [2.24, 2.45) is 0 Å². The molecule has 23 heavy (non-hydrogen) atoms. The van der Waals surface area contributed by atoms with E-state index in [1.807, 2.05) is 36.6 Å². The molecule has 0 aliphatic carbocycles. The van der Waals surface area contributed by atoms with Gasteiger partial charge in [-0.2, -0.15) is 5.26 Å². The largest absolute Gasteiger partial charge is 0.235 e. The van der Waals surface area contributed by atoms with Crippen molar-refractivity contribution in [3.8, 4) is 17.3 Å². The van der Waals surface area contributed by atoms with Crippen LogP contribution in [0.3, 0.4) is 0 Å². The smallest absolute Gasteiger partial charge is 0.134 e. The monoisotopic (exact) mass is 320 g/mol. The maximum absolute atomic E-state index is 13.3. The van der Waals surface area contributed by atoms with Crippen molar-refractivity contribution in [2.45, 2.75) is 6.92 Å². The average Bonchev–Trinajstić information content (AvgIpc) is 3.03. The van der Waals surface area contributed by atoms with Crippen LogP contribution < -0.4 is 0 Å². The molecule has 0 fully saturated rings. The van der Waals surface area contributed by atoms with E-state index in [1.165, 1.54) is 29.0 Å². The van der Waals surface area contributed by atoms with E-state index >= 15 is 0 Å². The Morgan fingerprint density at radius 2 is 2.00 bits per heavy atom. The van der Waals surface area contributed by atoms with Crippen molar-refractivity contribution >= 4 is 23.0 Å². The second kappa shape index (κ2) is 6.55. The van der Waals surface area contributed by atoms with Crippen LogP contribution in [0.4, 0.5) is 4.39 Å². The summed E-state index contributed by atoms with van der Waals surface area (Å²) in [6.45, 7) is 2.03. The SMILES string of the molecule is Cc1ccc(-c2csc(/C(C#N)=C\c3cccc(F)c3)n2)cc1. The third kappa shape index (κ3) is 3.53. The van der Waals surface area contributed by atoms with Gasteiger partial charge in [0.25, 0.3) is 0 Å². The molecule has 0 atom stereocenters. The third-order valence-electron chi connectivity index (χ3n) is 3.36. The first kappa shape index (κ1) is 15.1. The molecular formula is C19H13FN2S. The van der Waals surface area contributed by atoms with Crippen LogP contribution in [-0.4, -0.2) is 4.98 Å². The lowest BCUT2D eigenvalue weighted by molar-refractivity contribution is 0.627. The molecule has 3 aromatic rings. The number of hydrogen-bond donors (Lipinski definition) is 0. The first-order chi connectivity index (χ1) is 11.2. The molecule has 0 N–H and O–H groups in total. The van der Waals surface area contributed by atoms with E-state index in [4.69, 9.17) is 0 Å². The molecule has 1 heterocycles. The van der Waals surface area contributed by atoms with Crippen LogP contribution in [0, 0.1) is 24.1 Å². The van der Waals surface area contributed by atoms with Gasteiger partial charge in [0.05, 0.1) is 11.3 Å². The Balaban J connectivity index is 1.94. The number of nitrogens with zero attached hydrogens (tertiary/aromatic N) is 2. The molecule has 0 unspecified atom stereocenters. The minimum atomic E-state index is -0.324. The summed E-state index contributed by atoms with van der Waals surface area (Å²) in [6, 6.07) is 16.4. The van der Waals surface area contributed by atoms with E-state index in [9.17, 15) is 9.65 Å². The molecule has 3 rings (SSSR count). The Labute approximate surface area is 138 Å². The fourth-order valence-electron chi connectivity index (χ4n) is 2.16. The summed E-state index contributed by atoms with van der Waals surface area (Å²) in [7, 11) is 0. The Morgan fingerprint density at radius 3 is 2.70 bits per heavy atom. The molecule has 0 radical (unpaired) electrons. The van der Waals surface area contributed by atoms with Crippen LogP contribution in [0.2, 0.25) is 0 Å². The highest BCUT2D eigenvalue weighted by Crippen LogP contribution is 2.27. The zero-order chi connectivity index (χ0) is 16.2. The van der Waals surface area contributed by atoms with Gasteiger partial charge in [0.1, 0.15) is 16.9 Å². The number of benzene rings is 2. The average molecular weight is 320 g/mol. The van der Waals surface area contributed by atoms with E-state index in [0.29, 0.717) is 16.1 Å². The summed E-state index contributed by atoms with van der Waals surface area (Å²) in [6.07, 6.45) is 1.65. The van der Waals surface area contributed by atoms with Crippen molar-refractivity contribution in [1.82, 2.24) is 4.98 Å². The number of halogens is 1. The van der Waals surface area contributed by atoms with E-state index in [0.717, 1.165) is 11.3 Å². The molecule has 0 saturated carbocycles. The molecule has 112 valence electrons. The Hall–Kier alpha value is -2.77. The van der Waals surface area contributed by atoms with Crippen LogP contribution in [0.25, 0.3) is 22.9 Å². The van der Waals surface area contributed by atoms with E-state index in [1.54, 1.807) is 18.2 Å². The number of hydrogen-bond acceptors (Lipinski definition) is 3. The number of aromatic nitrogens is 1. The Bertz CT molecular complexity index is 902. The molecule has 4 heteroatoms. The summed E-state index contributed by atoms with van der Waals surface area (Å²) in [5, 5.41) is 11.9. The number of allylic oxidation sites excluding steroid dienone is 1. The van der Waals surface area contributed by atoms with Gasteiger partial charge in [-0.3, -0.25) is 0 Å². The van der Waals surface area contributed by atoms with Crippen molar-refractivity contribution in [3.63, 3.8) is 0 Å². The first-order valence-corrected chi connectivity index (χ1v) is 7.94. The maximum atomic E-state index is 13.3. The summed E-state index contributed by atoms with van der Waals surface area (Å²) >= 11 is 1.41. The number of aryl methyl sites for hydroxylation is 1. The van der Waals surface area contributed by atoms with Crippen LogP contribution in [0.1, 0.15) is 16.1 Å². The lowest BCUT2D eigenvalue weighted by Crippen LogP contribution is -1.84. The fourth-order valence-corrected chi connectivity index (χ4v) is 2.95. The Kier molecular flexibility index (Phi) is 4.31. The number of rotatable bonds is 3. The predicted octanol–water partition coefficient (Wildman–Crippen LogP) is 5.32. The topological polar surface area (TPSA) is 36.7 Å². The van der Waals surface area contributed by atoms with Crippen LogP contribution in [-0.2, 0) is 0 Å². The second-order valence-electron chi connectivity index (χ2n) is 5.13. The molecule has 0 bridgehead atoms. The van der Waals surface area contributed by atoms with Gasteiger partial charge in [-0.25, -0.2) is 9.37 Å². The summed E-state index contributed by atoms with van der Waals surface area (Å²) in [5.41, 5.74) is 4.12. The third-order valence-corrected chi connectivity index (χ3v) is 4.24. The van der Waals surface area contributed by atoms with Gasteiger partial charge in [0.15, 0.2) is 0 Å². The standard InChI is InChI=1S/C19H13FN2S/c1-13-5-7-15(8-6-13)18-12-23-19(22-18)16(11-21)9-14-3-2-4-17(20)10-14/h2-10,12H,1H3/b16-9-. The summed E-state index contributed by atoms with van der Waals surface area (Å²) in [5.74, 6) is -0.324. The van der Waals surface area contributed by atoms with Gasteiger partial charge in [0, 0.05) is 10.9 Å². The molecule has 0 aliphatic rings. The molecule has 0 aliphatic heterocycles. The quantitative estimate of drug-likeness (QED) is 0.612. The first-order valence-electron chi connectivity index (χ1n) is 7.06. The lowest BCUT2D eigenvalue weighted by Gasteiger charge is -1.98. The van der Waals surface area contributed by atoms with Crippen molar-refractivity contribution < 1.29 is 4.39 Å². The highest BCUT2D eigenvalue weighted by Gasteiger charge is 2.09. The lowest BCUT2D eigenvalue weighted by atomic mass is 10.1. The predicted molar refractivity (Wildman–Crippen MR) is 92.2 cm³/mol. The van der Waals surface area contributed by atoms with Crippen LogP contribution in [0.5, 0.6) is 0 Å². The van der Waals surface area contributed by atoms with Crippen LogP contribution >= 0.6 is 11.3 Å². The van der Waals surface area contributed by atoms with Gasteiger partial charge < -0.3 is 0 Å². The summed E-state index contributed by atoms with van der Waals surface area (Å²) in [4.78, 5) is 4.53. The van der Waals surface area contributed by atoms with Crippen LogP contribution in [0.15, 0.2) is 53.9 Å². The molecule has 0 spiro atoms. The van der Waals surface area contributed by atoms with Gasteiger partial charge in [-0.1, -0.05) is 42.0 Å². The maximum Gasteiger partial charge on any atom is 0.134 e. The van der Waals surface area contributed by atoms with Gasteiger partial charge in [-0.05, 0) is 30.7 Å². The number of thiazole rings is 1. The van der Waals surface area contributed by atoms with Gasteiger partial charge >= 0.3 is 0 Å². The highest BCUT2D eigenvalue weighted by molar-refractivity contribution is 7.11. The van der Waals surface area contributed by atoms with Gasteiger partial charge in [-0.15, -0.1) is 11.3 Å². The van der Waals surface area contributed by atoms with Crippen molar-refractivity contribution in [1.29, 1.82) is 5.26 Å². The zero-order valence-electron chi connectivity index (χ0n) is 12.5. The molecule has 1 aromatic heterocycles. The minimum absolute atomic E-state index is 0.324. The number of nitriles is 1. The fraction of sp³-hybridized carbons (Fsp3) is 0.0526.